The number of phenolic OH excluding ortho intramolecular Hbond substituents is 3. The Labute approximate surface area is 423 Å². The van der Waals surface area contributed by atoms with E-state index in [2.05, 4.69) is 97.5 Å². The molecule has 4 N–H and O–H groups in total. The van der Waals surface area contributed by atoms with Gasteiger partial charge in [0.25, 0.3) is 0 Å². The number of fused-ring (bicyclic) bond motifs is 2. The molecule has 4 radical (unpaired) electrons. The fraction of sp³-hybridized carbons (Fsp3) is 0.292. The van der Waals surface area contributed by atoms with Crippen LogP contribution in [0.1, 0.15) is 155 Å². The highest BCUT2D eigenvalue weighted by molar-refractivity contribution is 6.36. The number of aliphatic hydroxyl groups is 1. The second kappa shape index (κ2) is 16.7. The van der Waals surface area contributed by atoms with E-state index in [-0.39, 0.29) is 23.2 Å². The normalized spacial score (nSPS) is 17.6. The number of rotatable bonds is 5. The van der Waals surface area contributed by atoms with Crippen molar-refractivity contribution >= 4 is 43.1 Å². The molecule has 0 heterocycles. The summed E-state index contributed by atoms with van der Waals surface area (Å²) < 4.78 is 0. The number of hydrogen-bond acceptors (Lipinski definition) is 4. The molecule has 4 aliphatic carbocycles. The van der Waals surface area contributed by atoms with Gasteiger partial charge in [0.05, 0.1) is 0 Å². The standard InChI is InChI=1S/C65H64B2O4/c1-27(2)51(54-36(11)44-25-49-58-56(44)50(65(54)71)26-47-39(14)62(68)38(13)46-24-45(37(12)61(49)67)57(58)55(46)47)63(69)35(10)32(7)52-40(15)60(66)33(8)29(4)28(3)22-48(43-21-20-41-18-16-17-19-42(41)23-43)59-53(52)31(6)30(5)34(9)64(59)70/h16-21,23,48,68-71H,1,22,24-26H2,2-15H3/b29-28-,35-32+,52-40?,60-33?,63-51-. The maximum absolute atomic E-state index is 13.2. The van der Waals surface area contributed by atoms with Gasteiger partial charge in [0.2, 0.25) is 0 Å². The minimum Gasteiger partial charge on any atom is -0.507 e. The Hall–Kier alpha value is -6.65. The van der Waals surface area contributed by atoms with Crippen molar-refractivity contribution in [2.45, 2.75) is 129 Å². The van der Waals surface area contributed by atoms with E-state index in [1.54, 1.807) is 0 Å². The van der Waals surface area contributed by atoms with Crippen LogP contribution < -0.4 is 5.46 Å². The van der Waals surface area contributed by atoms with Gasteiger partial charge in [-0.2, -0.15) is 0 Å². The smallest absolute Gasteiger partial charge is 0.127 e. The summed E-state index contributed by atoms with van der Waals surface area (Å²) >= 11 is 0. The average molecular weight is 931 g/mol. The van der Waals surface area contributed by atoms with Crippen molar-refractivity contribution in [2.75, 3.05) is 0 Å². The Morgan fingerprint density at radius 1 is 0.549 bits per heavy atom. The number of benzene rings is 6. The molecule has 71 heavy (non-hydrogen) atoms. The number of aromatic hydroxyl groups is 3. The van der Waals surface area contributed by atoms with Crippen LogP contribution in [0.15, 0.2) is 99.3 Å². The molecule has 0 saturated heterocycles. The molecule has 0 fully saturated rings. The molecule has 1 unspecified atom stereocenters. The van der Waals surface area contributed by atoms with E-state index in [1.807, 2.05) is 48.5 Å². The lowest BCUT2D eigenvalue weighted by Gasteiger charge is -2.32. The van der Waals surface area contributed by atoms with Crippen LogP contribution in [0.2, 0.25) is 0 Å². The van der Waals surface area contributed by atoms with Crippen LogP contribution in [0.3, 0.4) is 0 Å². The number of allylic oxidation sites excluding steroid dienone is 10. The van der Waals surface area contributed by atoms with Crippen molar-refractivity contribution in [1.82, 2.24) is 0 Å². The molecule has 0 amide bonds. The summed E-state index contributed by atoms with van der Waals surface area (Å²) in [5, 5.41) is 52.9. The highest BCUT2D eigenvalue weighted by Gasteiger charge is 2.42. The Morgan fingerprint density at radius 2 is 1.11 bits per heavy atom. The molecule has 0 saturated carbocycles. The molecular weight excluding hydrogens is 866 g/mol. The third-order valence-corrected chi connectivity index (χ3v) is 18.0. The SMILES string of the molecule is [B]C1=C(C)/C(C)=C(/C)CC(c2ccc3ccccc3c2)c2c(O)c(C)c(C)c(C)c2C(/C(C)=C(C)/C(O)=C(\C(=C)C)c2c(C)c3c4c(c2O)Cc2c(C)c(O)c(C)c5c2-c2c(c(C)c([B])c(c2-4)C3)C5)=C1C. The van der Waals surface area contributed by atoms with E-state index in [9.17, 15) is 20.4 Å². The highest BCUT2D eigenvalue weighted by Crippen LogP contribution is 2.60. The quantitative estimate of drug-likeness (QED) is 0.0787. The molecule has 10 rings (SSSR count). The van der Waals surface area contributed by atoms with Crippen molar-refractivity contribution < 1.29 is 20.4 Å². The van der Waals surface area contributed by atoms with Crippen LogP contribution in [-0.4, -0.2) is 36.1 Å². The second-order valence-corrected chi connectivity index (χ2v) is 21.5. The van der Waals surface area contributed by atoms with Gasteiger partial charge >= 0.3 is 0 Å². The van der Waals surface area contributed by atoms with Gasteiger partial charge in [-0.15, -0.1) is 0 Å². The predicted octanol–water partition coefficient (Wildman–Crippen LogP) is 14.9. The minimum atomic E-state index is -0.234. The fourth-order valence-electron chi connectivity index (χ4n) is 13.1. The maximum Gasteiger partial charge on any atom is 0.127 e. The van der Waals surface area contributed by atoms with E-state index >= 15 is 0 Å². The molecule has 6 aromatic rings. The summed E-state index contributed by atoms with van der Waals surface area (Å²) in [6, 6.07) is 15.0. The first-order chi connectivity index (χ1) is 33.5. The lowest BCUT2D eigenvalue weighted by atomic mass is 9.70. The van der Waals surface area contributed by atoms with Crippen LogP contribution in [0.25, 0.3) is 44.2 Å². The number of phenols is 3. The first-order valence-electron chi connectivity index (χ1n) is 25.1. The Bertz CT molecular complexity index is 3690. The van der Waals surface area contributed by atoms with Gasteiger partial charge < -0.3 is 20.4 Å². The van der Waals surface area contributed by atoms with Gasteiger partial charge in [-0.25, -0.2) is 0 Å². The van der Waals surface area contributed by atoms with Crippen LogP contribution in [0.4, 0.5) is 0 Å². The van der Waals surface area contributed by atoms with Crippen molar-refractivity contribution in [3.8, 4) is 39.5 Å². The van der Waals surface area contributed by atoms with Crippen molar-refractivity contribution in [1.29, 1.82) is 0 Å². The maximum atomic E-state index is 13.2. The van der Waals surface area contributed by atoms with E-state index in [1.165, 1.54) is 16.7 Å². The third-order valence-electron chi connectivity index (χ3n) is 18.0. The van der Waals surface area contributed by atoms with Gasteiger partial charge in [0, 0.05) is 34.6 Å². The largest absolute Gasteiger partial charge is 0.507 e. The van der Waals surface area contributed by atoms with Crippen LogP contribution in [-0.2, 0) is 19.3 Å². The molecule has 0 aliphatic heterocycles. The van der Waals surface area contributed by atoms with E-state index in [0.717, 1.165) is 144 Å². The zero-order chi connectivity index (χ0) is 51.3. The molecule has 4 nitrogen and oxygen atoms in total. The summed E-state index contributed by atoms with van der Waals surface area (Å²) in [6.45, 7) is 33.2. The molecule has 0 spiro atoms. The number of hydrogen-bond donors (Lipinski definition) is 4. The van der Waals surface area contributed by atoms with Crippen LogP contribution >= 0.6 is 0 Å². The Morgan fingerprint density at radius 3 is 1.76 bits per heavy atom. The molecule has 0 aromatic heterocycles. The second-order valence-electron chi connectivity index (χ2n) is 21.5. The van der Waals surface area contributed by atoms with E-state index in [4.69, 9.17) is 15.7 Å². The monoisotopic (exact) mass is 930 g/mol. The van der Waals surface area contributed by atoms with Gasteiger partial charge in [-0.1, -0.05) is 76.7 Å². The summed E-state index contributed by atoms with van der Waals surface area (Å²) in [7, 11) is 14.4. The van der Waals surface area contributed by atoms with Crippen molar-refractivity contribution in [3.05, 3.63) is 194 Å². The van der Waals surface area contributed by atoms with Crippen LogP contribution in [0, 0.1) is 48.5 Å². The van der Waals surface area contributed by atoms with E-state index in [0.29, 0.717) is 59.2 Å². The molecular formula is C65H64B2O4. The Kier molecular flexibility index (Phi) is 11.3. The topological polar surface area (TPSA) is 80.9 Å². The lowest BCUT2D eigenvalue weighted by molar-refractivity contribution is 0.424. The molecule has 6 heteroatoms. The highest BCUT2D eigenvalue weighted by atomic mass is 16.3. The molecule has 4 aliphatic rings. The summed E-state index contributed by atoms with van der Waals surface area (Å²) in [5.41, 5.74) is 29.4. The molecule has 0 bridgehead atoms. The first kappa shape index (κ1) is 48.0. The van der Waals surface area contributed by atoms with E-state index < -0.39 is 0 Å². The predicted molar refractivity (Wildman–Crippen MR) is 298 cm³/mol. The van der Waals surface area contributed by atoms with Crippen molar-refractivity contribution in [2.24, 2.45) is 0 Å². The van der Waals surface area contributed by atoms with Gasteiger partial charge in [-0.3, -0.25) is 0 Å². The number of aliphatic hydroxyl groups excluding tert-OH is 1. The minimum absolute atomic E-state index is 0.00167. The van der Waals surface area contributed by atoms with Gasteiger partial charge in [0.1, 0.15) is 38.7 Å². The van der Waals surface area contributed by atoms with Crippen molar-refractivity contribution in [3.63, 3.8) is 0 Å². The van der Waals surface area contributed by atoms with Crippen LogP contribution in [0.5, 0.6) is 17.2 Å². The molecule has 354 valence electrons. The molecule has 6 aromatic carbocycles. The fourth-order valence-corrected chi connectivity index (χ4v) is 13.1. The lowest BCUT2D eigenvalue weighted by Crippen LogP contribution is -2.16. The van der Waals surface area contributed by atoms with Gasteiger partial charge in [0.15, 0.2) is 0 Å². The zero-order valence-corrected chi connectivity index (χ0v) is 44.1. The summed E-state index contributed by atoms with van der Waals surface area (Å²) in [6.07, 6.45) is 2.35. The summed E-state index contributed by atoms with van der Waals surface area (Å²) in [4.78, 5) is 0. The van der Waals surface area contributed by atoms with Gasteiger partial charge in [-0.05, 0) is 255 Å². The first-order valence-corrected chi connectivity index (χ1v) is 25.1. The zero-order valence-electron chi connectivity index (χ0n) is 44.1. The Balaban J connectivity index is 1.27. The average Bonchev–Trinajstić information content (AvgIpc) is 3.91. The third kappa shape index (κ3) is 6.65. The summed E-state index contributed by atoms with van der Waals surface area (Å²) in [5.74, 6) is 0.405. The molecule has 1 atom stereocenters.